The Bertz CT molecular complexity index is 937. The molecule has 6 nitrogen and oxygen atoms in total. The summed E-state index contributed by atoms with van der Waals surface area (Å²) in [6.45, 7) is 4.39. The van der Waals surface area contributed by atoms with Crippen LogP contribution in [0.25, 0.3) is 0 Å². The Morgan fingerprint density at radius 2 is 1.80 bits per heavy atom. The Labute approximate surface area is 177 Å². The fraction of sp³-hybridized carbons (Fsp3) is 0.458. The lowest BCUT2D eigenvalue weighted by molar-refractivity contribution is -0.132. The minimum atomic E-state index is 0.270. The second-order valence-corrected chi connectivity index (χ2v) is 8.45. The van der Waals surface area contributed by atoms with Crippen LogP contribution < -0.4 is 20.1 Å². The molecule has 6 heteroatoms. The van der Waals surface area contributed by atoms with E-state index in [4.69, 9.17) is 15.2 Å². The number of nitrogens with zero attached hydrogens (tertiary/aromatic N) is 2. The zero-order chi connectivity index (χ0) is 20.5. The standard InChI is InChI=1S/C24H29N3O3/c25-19-4-6-21-17(14-19)2-1-3-18(21)15-24(28)27-10-8-26(9-11-27)20-5-7-22-23(16-20)30-13-12-29-22/h4-7,14,16,18H,1-3,8-13,15,25H2. The zero-order valence-electron chi connectivity index (χ0n) is 17.3. The highest BCUT2D eigenvalue weighted by atomic mass is 16.6. The van der Waals surface area contributed by atoms with Gasteiger partial charge in [0.15, 0.2) is 11.5 Å². The number of aryl methyl sites for hydroxylation is 1. The number of hydrogen-bond acceptors (Lipinski definition) is 5. The van der Waals surface area contributed by atoms with E-state index in [9.17, 15) is 4.79 Å². The Kier molecular flexibility index (Phi) is 5.15. The maximum atomic E-state index is 13.0. The fourth-order valence-electron chi connectivity index (χ4n) is 4.93. The van der Waals surface area contributed by atoms with E-state index in [0.29, 0.717) is 25.6 Å². The Hall–Kier alpha value is -2.89. The van der Waals surface area contributed by atoms with Gasteiger partial charge in [-0.1, -0.05) is 6.07 Å². The third kappa shape index (κ3) is 3.78. The molecule has 2 aliphatic heterocycles. The number of fused-ring (bicyclic) bond motifs is 2. The monoisotopic (exact) mass is 407 g/mol. The van der Waals surface area contributed by atoms with Gasteiger partial charge < -0.3 is 25.0 Å². The molecule has 30 heavy (non-hydrogen) atoms. The number of piperazine rings is 1. The highest BCUT2D eigenvalue weighted by molar-refractivity contribution is 5.77. The number of nitrogen functional groups attached to an aromatic ring is 1. The molecule has 5 rings (SSSR count). The first-order valence-corrected chi connectivity index (χ1v) is 11.0. The number of hydrogen-bond donors (Lipinski definition) is 1. The van der Waals surface area contributed by atoms with Crippen LogP contribution in [0.2, 0.25) is 0 Å². The molecule has 1 atom stereocenters. The van der Waals surface area contributed by atoms with Gasteiger partial charge in [-0.15, -0.1) is 0 Å². The molecule has 1 amide bonds. The average molecular weight is 408 g/mol. The molecule has 0 aromatic heterocycles. The Morgan fingerprint density at radius 1 is 1.00 bits per heavy atom. The maximum absolute atomic E-state index is 13.0. The summed E-state index contributed by atoms with van der Waals surface area (Å²) in [6, 6.07) is 12.3. The van der Waals surface area contributed by atoms with Crippen molar-refractivity contribution in [2.45, 2.75) is 31.6 Å². The SMILES string of the molecule is Nc1ccc2c(c1)CCCC2CC(=O)N1CCN(c2ccc3c(c2)OCCO3)CC1. The van der Waals surface area contributed by atoms with E-state index in [2.05, 4.69) is 29.2 Å². The van der Waals surface area contributed by atoms with Crippen LogP contribution in [-0.2, 0) is 11.2 Å². The summed E-state index contributed by atoms with van der Waals surface area (Å²) >= 11 is 0. The summed E-state index contributed by atoms with van der Waals surface area (Å²) in [4.78, 5) is 17.4. The predicted octanol–water partition coefficient (Wildman–Crippen LogP) is 3.20. The van der Waals surface area contributed by atoms with Crippen molar-refractivity contribution in [3.8, 4) is 11.5 Å². The van der Waals surface area contributed by atoms with Gasteiger partial charge in [0.1, 0.15) is 13.2 Å². The topological polar surface area (TPSA) is 68.0 Å². The third-order valence-electron chi connectivity index (χ3n) is 6.55. The molecule has 1 fully saturated rings. The molecule has 0 bridgehead atoms. The van der Waals surface area contributed by atoms with Crippen molar-refractivity contribution in [3.05, 3.63) is 47.5 Å². The number of carbonyl (C=O) groups excluding carboxylic acids is 1. The van der Waals surface area contributed by atoms with Crippen LogP contribution in [0, 0.1) is 0 Å². The minimum Gasteiger partial charge on any atom is -0.486 e. The van der Waals surface area contributed by atoms with Gasteiger partial charge in [-0.25, -0.2) is 0 Å². The molecule has 2 aromatic carbocycles. The van der Waals surface area contributed by atoms with Crippen LogP contribution in [-0.4, -0.2) is 50.2 Å². The molecule has 1 saturated heterocycles. The first kappa shape index (κ1) is 19.1. The maximum Gasteiger partial charge on any atom is 0.223 e. The van der Waals surface area contributed by atoms with E-state index < -0.39 is 0 Å². The second-order valence-electron chi connectivity index (χ2n) is 8.45. The molecule has 2 heterocycles. The molecule has 1 unspecified atom stereocenters. The van der Waals surface area contributed by atoms with Crippen molar-refractivity contribution in [2.24, 2.45) is 0 Å². The van der Waals surface area contributed by atoms with Crippen molar-refractivity contribution in [2.75, 3.05) is 50.0 Å². The molecule has 158 valence electrons. The van der Waals surface area contributed by atoms with Gasteiger partial charge in [-0.3, -0.25) is 4.79 Å². The fourth-order valence-corrected chi connectivity index (χ4v) is 4.93. The smallest absolute Gasteiger partial charge is 0.223 e. The van der Waals surface area contributed by atoms with Crippen molar-refractivity contribution < 1.29 is 14.3 Å². The highest BCUT2D eigenvalue weighted by Gasteiger charge is 2.27. The van der Waals surface area contributed by atoms with Crippen molar-refractivity contribution in [1.29, 1.82) is 0 Å². The van der Waals surface area contributed by atoms with Crippen LogP contribution >= 0.6 is 0 Å². The molecular weight excluding hydrogens is 378 g/mol. The molecule has 3 aliphatic rings. The second kappa shape index (κ2) is 8.09. The first-order valence-electron chi connectivity index (χ1n) is 11.0. The summed E-state index contributed by atoms with van der Waals surface area (Å²) in [5, 5.41) is 0. The lowest BCUT2D eigenvalue weighted by Gasteiger charge is -2.37. The summed E-state index contributed by atoms with van der Waals surface area (Å²) in [5.74, 6) is 2.21. The lowest BCUT2D eigenvalue weighted by Crippen LogP contribution is -2.49. The molecule has 0 radical (unpaired) electrons. The number of ether oxygens (including phenoxy) is 2. The predicted molar refractivity (Wildman–Crippen MR) is 117 cm³/mol. The number of nitrogens with two attached hydrogens (primary N) is 1. The van der Waals surface area contributed by atoms with E-state index in [1.807, 2.05) is 17.0 Å². The molecule has 0 spiro atoms. The number of anilines is 2. The van der Waals surface area contributed by atoms with Crippen molar-refractivity contribution in [1.82, 2.24) is 4.90 Å². The largest absolute Gasteiger partial charge is 0.486 e. The van der Waals surface area contributed by atoms with Crippen molar-refractivity contribution in [3.63, 3.8) is 0 Å². The first-order chi connectivity index (χ1) is 14.7. The van der Waals surface area contributed by atoms with Crippen LogP contribution in [0.4, 0.5) is 11.4 Å². The number of benzene rings is 2. The quantitative estimate of drug-likeness (QED) is 0.792. The minimum absolute atomic E-state index is 0.270. The third-order valence-corrected chi connectivity index (χ3v) is 6.55. The van der Waals surface area contributed by atoms with Gasteiger partial charge in [0.2, 0.25) is 5.91 Å². The van der Waals surface area contributed by atoms with Gasteiger partial charge in [0.25, 0.3) is 0 Å². The van der Waals surface area contributed by atoms with Gasteiger partial charge in [0.05, 0.1) is 0 Å². The van der Waals surface area contributed by atoms with Gasteiger partial charge in [0, 0.05) is 50.0 Å². The van der Waals surface area contributed by atoms with Gasteiger partial charge in [-0.05, 0) is 60.6 Å². The highest BCUT2D eigenvalue weighted by Crippen LogP contribution is 2.36. The van der Waals surface area contributed by atoms with Gasteiger partial charge in [-0.2, -0.15) is 0 Å². The van der Waals surface area contributed by atoms with E-state index >= 15 is 0 Å². The van der Waals surface area contributed by atoms with E-state index in [-0.39, 0.29) is 5.91 Å². The summed E-state index contributed by atoms with van der Waals surface area (Å²) in [6.07, 6.45) is 3.88. The van der Waals surface area contributed by atoms with E-state index in [0.717, 1.165) is 68.3 Å². The molecule has 0 saturated carbocycles. The lowest BCUT2D eigenvalue weighted by atomic mass is 9.80. The Morgan fingerprint density at radius 3 is 2.63 bits per heavy atom. The summed E-state index contributed by atoms with van der Waals surface area (Å²) < 4.78 is 11.3. The van der Waals surface area contributed by atoms with E-state index in [1.165, 1.54) is 11.1 Å². The zero-order valence-corrected chi connectivity index (χ0v) is 17.3. The molecule has 2 N–H and O–H groups in total. The average Bonchev–Trinajstić information content (AvgIpc) is 2.79. The summed E-state index contributed by atoms with van der Waals surface area (Å²) in [5.41, 5.74) is 10.5. The molecule has 2 aromatic rings. The Balaban J connectivity index is 1.20. The van der Waals surface area contributed by atoms with Crippen LogP contribution in [0.5, 0.6) is 11.5 Å². The van der Waals surface area contributed by atoms with Crippen molar-refractivity contribution >= 4 is 17.3 Å². The molecular formula is C24H29N3O3. The number of amides is 1. The molecule has 1 aliphatic carbocycles. The van der Waals surface area contributed by atoms with Crippen LogP contribution in [0.3, 0.4) is 0 Å². The van der Waals surface area contributed by atoms with Crippen LogP contribution in [0.15, 0.2) is 36.4 Å². The number of carbonyl (C=O) groups is 1. The summed E-state index contributed by atoms with van der Waals surface area (Å²) in [7, 11) is 0. The van der Waals surface area contributed by atoms with Gasteiger partial charge >= 0.3 is 0 Å². The number of rotatable bonds is 3. The normalized spacial score (nSPS) is 20.6. The van der Waals surface area contributed by atoms with Crippen LogP contribution in [0.1, 0.15) is 36.3 Å². The van der Waals surface area contributed by atoms with E-state index in [1.54, 1.807) is 0 Å².